The van der Waals surface area contributed by atoms with E-state index in [9.17, 15) is 14.2 Å². The van der Waals surface area contributed by atoms with Gasteiger partial charge in [0.25, 0.3) is 0 Å². The maximum atomic E-state index is 12.3. The molecule has 31 heavy (non-hydrogen) atoms. The molecular weight excluding hydrogens is 421 g/mol. The van der Waals surface area contributed by atoms with E-state index in [1.54, 1.807) is 27.7 Å². The molecule has 6 atom stereocenters. The number of carbonyl (C=O) groups is 2. The summed E-state index contributed by atoms with van der Waals surface area (Å²) in [5, 5.41) is 0. The average molecular weight is 455 g/mol. The van der Waals surface area contributed by atoms with Gasteiger partial charge in [0.1, 0.15) is 17.7 Å². The van der Waals surface area contributed by atoms with Gasteiger partial charge in [0.15, 0.2) is 14.8 Å². The number of carbonyl (C=O) groups excluding carboxylic acids is 2. The van der Waals surface area contributed by atoms with Gasteiger partial charge in [0.2, 0.25) is 5.79 Å². The van der Waals surface area contributed by atoms with Crippen LogP contribution in [0.25, 0.3) is 0 Å². The van der Waals surface area contributed by atoms with Crippen LogP contribution >= 0.6 is 8.46 Å². The standard InChI is InChI=1S/C22H34NO7P/c1-12(9-10-24)17(14(3)18-15(4)20(25)30-22(5,6)29-18)28-21-19(31-26)16(23(7)8)11-13(2)27-21/h9-10,13-14,16-17,19,21H,11H2,1-8H3/b12-9+/t13-,14-,16?,17+,19-,21+/m1/s1. The van der Waals surface area contributed by atoms with E-state index in [1.807, 2.05) is 32.8 Å². The SMILES string of the molecule is CC1=C([C@H](C)[C@@H](O[C@@H]2O[C@H](C)CC(N(C)C)[C@H]2P=O)/C(C)=C/C=O)OC(C)(C)OC1=O. The summed E-state index contributed by atoms with van der Waals surface area (Å²) in [6.45, 7) is 10.5. The molecule has 0 aromatic carbocycles. The summed E-state index contributed by atoms with van der Waals surface area (Å²) < 4.78 is 35.7. The van der Waals surface area contributed by atoms with Gasteiger partial charge in [0.05, 0.1) is 17.8 Å². The van der Waals surface area contributed by atoms with Crippen molar-refractivity contribution in [2.45, 2.75) is 83.9 Å². The Hall–Kier alpha value is -1.60. The van der Waals surface area contributed by atoms with Gasteiger partial charge < -0.3 is 23.8 Å². The van der Waals surface area contributed by atoms with E-state index in [0.717, 1.165) is 6.42 Å². The summed E-state index contributed by atoms with van der Waals surface area (Å²) >= 11 is 0. The highest BCUT2D eigenvalue weighted by atomic mass is 31.1. The van der Waals surface area contributed by atoms with Gasteiger partial charge >= 0.3 is 5.97 Å². The molecule has 8 nitrogen and oxygen atoms in total. The first-order chi connectivity index (χ1) is 14.4. The molecule has 0 saturated carbocycles. The first kappa shape index (κ1) is 25.7. The average Bonchev–Trinajstić information content (AvgIpc) is 2.67. The maximum absolute atomic E-state index is 12.3. The van der Waals surface area contributed by atoms with E-state index < -0.39 is 35.7 Å². The predicted octanol–water partition coefficient (Wildman–Crippen LogP) is 3.46. The van der Waals surface area contributed by atoms with Crippen molar-refractivity contribution in [2.75, 3.05) is 14.1 Å². The number of rotatable bonds is 8. The van der Waals surface area contributed by atoms with Gasteiger partial charge in [-0.3, -0.25) is 9.36 Å². The smallest absolute Gasteiger partial charge is 0.340 e. The Morgan fingerprint density at radius 3 is 2.52 bits per heavy atom. The molecule has 174 valence electrons. The van der Waals surface area contributed by atoms with Gasteiger partial charge in [0, 0.05) is 25.8 Å². The molecule has 0 spiro atoms. The largest absolute Gasteiger partial charge is 0.456 e. The molecular formula is C22H34NO7P. The summed E-state index contributed by atoms with van der Waals surface area (Å²) in [4.78, 5) is 25.6. The molecule has 0 aromatic rings. The Morgan fingerprint density at radius 1 is 1.32 bits per heavy atom. The molecule has 0 N–H and O–H groups in total. The number of hydrogen-bond acceptors (Lipinski definition) is 8. The van der Waals surface area contributed by atoms with Gasteiger partial charge in [-0.15, -0.1) is 0 Å². The lowest BCUT2D eigenvalue weighted by atomic mass is 9.92. The van der Waals surface area contributed by atoms with Crippen molar-refractivity contribution in [3.8, 4) is 0 Å². The molecule has 2 aliphatic heterocycles. The third-order valence-electron chi connectivity index (χ3n) is 5.70. The monoisotopic (exact) mass is 455 g/mol. The van der Waals surface area contributed by atoms with Gasteiger partial charge in [-0.05, 0) is 52.9 Å². The third kappa shape index (κ3) is 6.01. The van der Waals surface area contributed by atoms with Crippen molar-refractivity contribution in [1.82, 2.24) is 4.90 Å². The summed E-state index contributed by atoms with van der Waals surface area (Å²) in [7, 11) is 3.79. The Kier molecular flexibility index (Phi) is 8.56. The fourth-order valence-electron chi connectivity index (χ4n) is 4.08. The molecule has 1 unspecified atom stereocenters. The highest BCUT2D eigenvalue weighted by Crippen LogP contribution is 2.38. The predicted molar refractivity (Wildman–Crippen MR) is 116 cm³/mol. The summed E-state index contributed by atoms with van der Waals surface area (Å²) in [6, 6.07) is 0.0000211. The van der Waals surface area contributed by atoms with E-state index >= 15 is 0 Å². The van der Waals surface area contributed by atoms with E-state index in [1.165, 1.54) is 6.08 Å². The van der Waals surface area contributed by atoms with Crippen LogP contribution in [0.5, 0.6) is 0 Å². The summed E-state index contributed by atoms with van der Waals surface area (Å²) in [5.74, 6) is -1.56. The van der Waals surface area contributed by atoms with Crippen LogP contribution in [0.15, 0.2) is 23.0 Å². The molecule has 0 aliphatic carbocycles. The lowest BCUT2D eigenvalue weighted by Crippen LogP contribution is -2.53. The van der Waals surface area contributed by atoms with Crippen molar-refractivity contribution in [1.29, 1.82) is 0 Å². The highest BCUT2D eigenvalue weighted by molar-refractivity contribution is 7.24. The van der Waals surface area contributed by atoms with Crippen LogP contribution < -0.4 is 0 Å². The molecule has 2 heterocycles. The molecule has 0 aromatic heterocycles. The Labute approximate surface area is 186 Å². The van der Waals surface area contributed by atoms with E-state index in [2.05, 4.69) is 0 Å². The second-order valence-corrected chi connectivity index (χ2v) is 9.76. The van der Waals surface area contributed by atoms with Crippen molar-refractivity contribution >= 4 is 20.7 Å². The molecule has 9 heteroatoms. The zero-order valence-corrected chi connectivity index (χ0v) is 20.5. The Morgan fingerprint density at radius 2 is 1.97 bits per heavy atom. The molecule has 0 amide bonds. The number of nitrogens with zero attached hydrogens (tertiary/aromatic N) is 1. The number of aldehydes is 1. The molecule has 2 rings (SSSR count). The van der Waals surface area contributed by atoms with Crippen molar-refractivity contribution in [2.24, 2.45) is 5.92 Å². The van der Waals surface area contributed by atoms with Gasteiger partial charge in [-0.25, -0.2) is 4.79 Å². The van der Waals surface area contributed by atoms with Gasteiger partial charge in [-0.2, -0.15) is 0 Å². The second-order valence-electron chi connectivity index (χ2n) is 8.95. The number of esters is 1. The van der Waals surface area contributed by atoms with E-state index in [4.69, 9.17) is 18.9 Å². The summed E-state index contributed by atoms with van der Waals surface area (Å²) in [6.07, 6.45) is 1.34. The lowest BCUT2D eigenvalue weighted by molar-refractivity contribution is -0.229. The first-order valence-electron chi connectivity index (χ1n) is 10.5. The zero-order valence-electron chi connectivity index (χ0n) is 19.6. The minimum atomic E-state index is -1.12. The fraction of sp³-hybridized carbons (Fsp3) is 0.727. The van der Waals surface area contributed by atoms with Crippen LogP contribution in [0, 0.1) is 5.92 Å². The van der Waals surface area contributed by atoms with Crippen molar-refractivity contribution < 1.29 is 33.1 Å². The lowest BCUT2D eigenvalue weighted by Gasteiger charge is -2.43. The third-order valence-corrected chi connectivity index (χ3v) is 6.53. The van der Waals surface area contributed by atoms with Crippen LogP contribution in [0.3, 0.4) is 0 Å². The zero-order chi connectivity index (χ0) is 23.5. The Bertz CT molecular complexity index is 761. The van der Waals surface area contributed by atoms with Crippen molar-refractivity contribution in [3.63, 3.8) is 0 Å². The Balaban J connectivity index is 2.41. The van der Waals surface area contributed by atoms with E-state index in [-0.39, 0.29) is 20.6 Å². The number of hydrogen-bond donors (Lipinski definition) is 0. The molecule has 1 fully saturated rings. The summed E-state index contributed by atoms with van der Waals surface area (Å²) in [5.41, 5.74) is 0.586. The minimum Gasteiger partial charge on any atom is -0.456 e. The van der Waals surface area contributed by atoms with Crippen molar-refractivity contribution in [3.05, 3.63) is 23.0 Å². The molecule has 2 aliphatic rings. The van der Waals surface area contributed by atoms with Crippen LogP contribution in [-0.2, 0) is 33.1 Å². The van der Waals surface area contributed by atoms with Crippen LogP contribution in [0.4, 0.5) is 0 Å². The number of cyclic esters (lactones) is 1. The van der Waals surface area contributed by atoms with Gasteiger partial charge in [-0.1, -0.05) is 6.92 Å². The molecule has 1 saturated heterocycles. The highest BCUT2D eigenvalue weighted by Gasteiger charge is 2.44. The topological polar surface area (TPSA) is 91.4 Å². The second kappa shape index (κ2) is 10.3. The first-order valence-corrected chi connectivity index (χ1v) is 11.3. The maximum Gasteiger partial charge on any atom is 0.340 e. The van der Waals surface area contributed by atoms with E-state index in [0.29, 0.717) is 23.2 Å². The van der Waals surface area contributed by atoms with Crippen LogP contribution in [0.1, 0.15) is 48.0 Å². The number of ether oxygens (including phenoxy) is 4. The quantitative estimate of drug-likeness (QED) is 0.238. The van der Waals surface area contributed by atoms with Crippen LogP contribution in [0.2, 0.25) is 0 Å². The normalized spacial score (nSPS) is 31.3. The molecule has 0 radical (unpaired) electrons. The van der Waals surface area contributed by atoms with Crippen LogP contribution in [-0.4, -0.2) is 67.2 Å². The number of allylic oxidation sites excluding steroid dienone is 1. The molecule has 0 bridgehead atoms. The fourth-order valence-corrected chi connectivity index (χ4v) is 4.84. The minimum absolute atomic E-state index is 0.0000211.